The molecule has 0 aromatic heterocycles. The number of carbonyl (C=O) groups is 2. The van der Waals surface area contributed by atoms with Crippen LogP contribution >= 0.6 is 0 Å². The molecule has 19 heavy (non-hydrogen) atoms. The van der Waals surface area contributed by atoms with Gasteiger partial charge in [0, 0.05) is 24.6 Å². The number of hydrogen-bond acceptors (Lipinski definition) is 2. The van der Waals surface area contributed by atoms with Crippen LogP contribution in [0.15, 0.2) is 18.2 Å². The molecule has 3 nitrogen and oxygen atoms in total. The van der Waals surface area contributed by atoms with Gasteiger partial charge in [0.1, 0.15) is 5.78 Å². The van der Waals surface area contributed by atoms with E-state index >= 15 is 0 Å². The molecule has 0 aliphatic carbocycles. The molecule has 1 aromatic rings. The molecule has 0 atom stereocenters. The topological polar surface area (TPSA) is 37.4 Å². The van der Waals surface area contributed by atoms with Crippen LogP contribution in [0, 0.1) is 19.8 Å². The van der Waals surface area contributed by atoms with Crippen molar-refractivity contribution in [2.24, 2.45) is 5.92 Å². The van der Waals surface area contributed by atoms with Gasteiger partial charge in [-0.2, -0.15) is 0 Å². The standard InChI is InChI=1S/C16H21NO2/c1-11-4-5-12(2)15(10-11)16(19)17-8-6-14(7-9-17)13(3)18/h4-5,10,14H,6-9H2,1-3H3. The maximum Gasteiger partial charge on any atom is 0.254 e. The number of piperidine rings is 1. The van der Waals surface area contributed by atoms with E-state index in [4.69, 9.17) is 0 Å². The molecule has 1 amide bonds. The third kappa shape index (κ3) is 3.03. The van der Waals surface area contributed by atoms with E-state index < -0.39 is 0 Å². The average molecular weight is 259 g/mol. The van der Waals surface area contributed by atoms with E-state index in [0.29, 0.717) is 13.1 Å². The van der Waals surface area contributed by atoms with Gasteiger partial charge in [0.15, 0.2) is 0 Å². The number of rotatable bonds is 2. The SMILES string of the molecule is CC(=O)C1CCN(C(=O)c2cc(C)ccc2C)CC1. The van der Waals surface area contributed by atoms with Crippen LogP contribution in [0.4, 0.5) is 0 Å². The summed E-state index contributed by atoms with van der Waals surface area (Å²) in [5.41, 5.74) is 2.91. The zero-order chi connectivity index (χ0) is 14.0. The van der Waals surface area contributed by atoms with Gasteiger partial charge in [0.2, 0.25) is 0 Å². The molecule has 1 aromatic carbocycles. The first-order valence-corrected chi connectivity index (χ1v) is 6.86. The van der Waals surface area contributed by atoms with E-state index in [1.807, 2.05) is 36.9 Å². The lowest BCUT2D eigenvalue weighted by molar-refractivity contribution is -0.121. The number of carbonyl (C=O) groups excluding carboxylic acids is 2. The molecule has 2 rings (SSSR count). The van der Waals surface area contributed by atoms with Gasteiger partial charge >= 0.3 is 0 Å². The molecular weight excluding hydrogens is 238 g/mol. The van der Waals surface area contributed by atoms with Crippen molar-refractivity contribution < 1.29 is 9.59 Å². The van der Waals surface area contributed by atoms with E-state index in [1.165, 1.54) is 0 Å². The lowest BCUT2D eigenvalue weighted by Crippen LogP contribution is -2.40. The first-order valence-electron chi connectivity index (χ1n) is 6.86. The van der Waals surface area contributed by atoms with Crippen molar-refractivity contribution in [3.8, 4) is 0 Å². The van der Waals surface area contributed by atoms with Crippen LogP contribution in [0.5, 0.6) is 0 Å². The minimum absolute atomic E-state index is 0.100. The van der Waals surface area contributed by atoms with Crippen molar-refractivity contribution in [2.75, 3.05) is 13.1 Å². The van der Waals surface area contributed by atoms with Gasteiger partial charge in [-0.1, -0.05) is 17.7 Å². The molecule has 1 heterocycles. The lowest BCUT2D eigenvalue weighted by Gasteiger charge is -2.31. The second kappa shape index (κ2) is 5.55. The van der Waals surface area contributed by atoms with Crippen molar-refractivity contribution in [3.05, 3.63) is 34.9 Å². The minimum atomic E-state index is 0.100. The van der Waals surface area contributed by atoms with Gasteiger partial charge in [0.25, 0.3) is 5.91 Å². The Morgan fingerprint density at radius 2 is 1.79 bits per heavy atom. The number of Topliss-reactive ketones (excluding diaryl/α,β-unsaturated/α-hetero) is 1. The highest BCUT2D eigenvalue weighted by Crippen LogP contribution is 2.21. The Morgan fingerprint density at radius 1 is 1.16 bits per heavy atom. The van der Waals surface area contributed by atoms with Gasteiger partial charge in [-0.25, -0.2) is 0 Å². The number of amides is 1. The van der Waals surface area contributed by atoms with E-state index in [1.54, 1.807) is 6.92 Å². The summed E-state index contributed by atoms with van der Waals surface area (Å²) in [7, 11) is 0. The van der Waals surface area contributed by atoms with Crippen molar-refractivity contribution in [3.63, 3.8) is 0 Å². The van der Waals surface area contributed by atoms with Crippen LogP contribution in [-0.4, -0.2) is 29.7 Å². The molecule has 1 aliphatic rings. The lowest BCUT2D eigenvalue weighted by atomic mass is 9.92. The largest absolute Gasteiger partial charge is 0.339 e. The summed E-state index contributed by atoms with van der Waals surface area (Å²) < 4.78 is 0. The monoisotopic (exact) mass is 259 g/mol. The minimum Gasteiger partial charge on any atom is -0.339 e. The summed E-state index contributed by atoms with van der Waals surface area (Å²) in [5.74, 6) is 0.490. The highest BCUT2D eigenvalue weighted by atomic mass is 16.2. The molecule has 102 valence electrons. The number of likely N-dealkylation sites (tertiary alicyclic amines) is 1. The van der Waals surface area contributed by atoms with Gasteiger partial charge in [-0.15, -0.1) is 0 Å². The smallest absolute Gasteiger partial charge is 0.254 e. The molecule has 0 radical (unpaired) electrons. The Balaban J connectivity index is 2.09. The van der Waals surface area contributed by atoms with Gasteiger partial charge in [-0.05, 0) is 45.2 Å². The van der Waals surface area contributed by atoms with Crippen molar-refractivity contribution in [2.45, 2.75) is 33.6 Å². The molecule has 1 aliphatic heterocycles. The van der Waals surface area contributed by atoms with Crippen LogP contribution in [0.3, 0.4) is 0 Å². The molecule has 1 saturated heterocycles. The fourth-order valence-electron chi connectivity index (χ4n) is 2.63. The Kier molecular flexibility index (Phi) is 4.03. The van der Waals surface area contributed by atoms with Crippen LogP contribution < -0.4 is 0 Å². The number of aryl methyl sites for hydroxylation is 2. The van der Waals surface area contributed by atoms with E-state index in [9.17, 15) is 9.59 Å². The third-order valence-electron chi connectivity index (χ3n) is 3.98. The van der Waals surface area contributed by atoms with Crippen LogP contribution in [-0.2, 0) is 4.79 Å². The summed E-state index contributed by atoms with van der Waals surface area (Å²) in [6.07, 6.45) is 1.60. The maximum atomic E-state index is 12.5. The number of nitrogens with zero attached hydrogens (tertiary/aromatic N) is 1. The molecule has 0 bridgehead atoms. The zero-order valence-corrected chi connectivity index (χ0v) is 11.9. The van der Waals surface area contributed by atoms with Crippen molar-refractivity contribution in [1.29, 1.82) is 0 Å². The Bertz CT molecular complexity index is 499. The molecule has 3 heteroatoms. The normalized spacial score (nSPS) is 16.5. The quantitative estimate of drug-likeness (QED) is 0.819. The molecule has 0 unspecified atom stereocenters. The van der Waals surface area contributed by atoms with Crippen LogP contribution in [0.25, 0.3) is 0 Å². The zero-order valence-electron chi connectivity index (χ0n) is 11.9. The van der Waals surface area contributed by atoms with E-state index in [0.717, 1.165) is 29.5 Å². The molecule has 0 saturated carbocycles. The average Bonchev–Trinajstić information content (AvgIpc) is 2.41. The summed E-state index contributed by atoms with van der Waals surface area (Å²) in [6.45, 7) is 6.99. The predicted molar refractivity (Wildman–Crippen MR) is 75.2 cm³/mol. The second-order valence-corrected chi connectivity index (χ2v) is 5.50. The second-order valence-electron chi connectivity index (χ2n) is 5.50. The predicted octanol–water partition coefficient (Wildman–Crippen LogP) is 2.74. The molecule has 1 fully saturated rings. The van der Waals surface area contributed by atoms with Crippen LogP contribution in [0.2, 0.25) is 0 Å². The summed E-state index contributed by atoms with van der Waals surface area (Å²) in [6, 6.07) is 5.97. The Morgan fingerprint density at radius 3 is 2.37 bits per heavy atom. The molecule has 0 N–H and O–H groups in total. The number of hydrogen-bond donors (Lipinski definition) is 0. The number of ketones is 1. The van der Waals surface area contributed by atoms with Gasteiger partial charge in [0.05, 0.1) is 0 Å². The fourth-order valence-corrected chi connectivity index (χ4v) is 2.63. The summed E-state index contributed by atoms with van der Waals surface area (Å²) in [4.78, 5) is 25.7. The van der Waals surface area contributed by atoms with E-state index in [-0.39, 0.29) is 17.6 Å². The van der Waals surface area contributed by atoms with Crippen LogP contribution in [0.1, 0.15) is 41.3 Å². The fraction of sp³-hybridized carbons (Fsp3) is 0.500. The molecular formula is C16H21NO2. The summed E-state index contributed by atoms with van der Waals surface area (Å²) >= 11 is 0. The van der Waals surface area contributed by atoms with Crippen molar-refractivity contribution >= 4 is 11.7 Å². The van der Waals surface area contributed by atoms with Crippen molar-refractivity contribution in [1.82, 2.24) is 4.90 Å². The van der Waals surface area contributed by atoms with E-state index in [2.05, 4.69) is 0 Å². The third-order valence-corrected chi connectivity index (χ3v) is 3.98. The number of benzene rings is 1. The first kappa shape index (κ1) is 13.8. The van der Waals surface area contributed by atoms with Gasteiger partial charge in [-0.3, -0.25) is 9.59 Å². The highest BCUT2D eigenvalue weighted by Gasteiger charge is 2.26. The Labute approximate surface area is 114 Å². The van der Waals surface area contributed by atoms with Gasteiger partial charge < -0.3 is 4.90 Å². The first-order chi connectivity index (χ1) is 8.99. The molecule has 0 spiro atoms. The Hall–Kier alpha value is -1.64. The maximum absolute atomic E-state index is 12.5. The summed E-state index contributed by atoms with van der Waals surface area (Å²) in [5, 5.41) is 0. The highest BCUT2D eigenvalue weighted by molar-refractivity contribution is 5.96.